The van der Waals surface area contributed by atoms with Gasteiger partial charge in [-0.05, 0) is 68.3 Å². The van der Waals surface area contributed by atoms with Crippen LogP contribution in [0.1, 0.15) is 40.4 Å². The summed E-state index contributed by atoms with van der Waals surface area (Å²) in [5, 5.41) is 2.80. The van der Waals surface area contributed by atoms with Crippen molar-refractivity contribution in [3.05, 3.63) is 89.0 Å². The Morgan fingerprint density at radius 3 is 2.42 bits per heavy atom. The summed E-state index contributed by atoms with van der Waals surface area (Å²) in [4.78, 5) is 43.8. The van der Waals surface area contributed by atoms with Gasteiger partial charge >= 0.3 is 0 Å². The van der Waals surface area contributed by atoms with Crippen LogP contribution in [0.15, 0.2) is 71.7 Å². The average molecular weight is 440 g/mol. The van der Waals surface area contributed by atoms with Crippen LogP contribution in [0.3, 0.4) is 0 Å². The third kappa shape index (κ3) is 4.90. The molecule has 0 aliphatic carbocycles. The zero-order valence-corrected chi connectivity index (χ0v) is 18.9. The first-order valence-corrected chi connectivity index (χ1v) is 10.8. The number of Topliss-reactive ketones (excluding diaryl/α,β-unsaturated/α-hetero) is 1. The fraction of sp³-hybridized carbons (Fsp3) is 0.185. The van der Waals surface area contributed by atoms with Crippen molar-refractivity contribution in [1.29, 1.82) is 0 Å². The topological polar surface area (TPSA) is 78.8 Å². The maximum Gasteiger partial charge on any atom is 0.244 e. The number of rotatable bonds is 5. The number of amides is 2. The van der Waals surface area contributed by atoms with E-state index < -0.39 is 0 Å². The van der Waals surface area contributed by atoms with Gasteiger partial charge in [-0.15, -0.1) is 0 Å². The molecule has 0 aromatic heterocycles. The molecular formula is C27H25N3O3. The van der Waals surface area contributed by atoms with Gasteiger partial charge < -0.3 is 10.2 Å². The second kappa shape index (κ2) is 9.20. The lowest BCUT2D eigenvalue weighted by Crippen LogP contribution is -2.38. The molecule has 2 amide bonds. The minimum Gasteiger partial charge on any atom is -0.325 e. The molecule has 0 saturated heterocycles. The number of carbonyl (C=O) groups excluding carboxylic acids is 3. The molecule has 0 saturated carbocycles. The number of anilines is 2. The van der Waals surface area contributed by atoms with Crippen molar-refractivity contribution in [3.8, 4) is 0 Å². The van der Waals surface area contributed by atoms with E-state index in [2.05, 4.69) is 11.4 Å². The van der Waals surface area contributed by atoms with Gasteiger partial charge in [0.15, 0.2) is 5.78 Å². The normalized spacial score (nSPS) is 13.1. The smallest absolute Gasteiger partial charge is 0.244 e. The Morgan fingerprint density at radius 1 is 1.00 bits per heavy atom. The Bertz CT molecular complexity index is 1280. The first kappa shape index (κ1) is 22.1. The van der Waals surface area contributed by atoms with E-state index in [4.69, 9.17) is 4.99 Å². The third-order valence-electron chi connectivity index (χ3n) is 5.62. The summed E-state index contributed by atoms with van der Waals surface area (Å²) in [7, 11) is 0. The first-order valence-electron chi connectivity index (χ1n) is 10.8. The highest BCUT2D eigenvalue weighted by Crippen LogP contribution is 2.33. The van der Waals surface area contributed by atoms with E-state index >= 15 is 0 Å². The number of hydrogen-bond donors (Lipinski definition) is 1. The number of aliphatic imine (C=N–C) groups is 1. The Kier molecular flexibility index (Phi) is 6.18. The number of carbonyl (C=O) groups is 3. The highest BCUT2D eigenvalue weighted by atomic mass is 16.2. The molecule has 33 heavy (non-hydrogen) atoms. The van der Waals surface area contributed by atoms with Gasteiger partial charge in [-0.25, -0.2) is 0 Å². The molecular weight excluding hydrogens is 414 g/mol. The highest BCUT2D eigenvalue weighted by Gasteiger charge is 2.27. The fourth-order valence-electron chi connectivity index (χ4n) is 3.94. The Labute approximate surface area is 193 Å². The summed E-state index contributed by atoms with van der Waals surface area (Å²) in [6.07, 6.45) is 0.0964. The Morgan fingerprint density at radius 2 is 1.73 bits per heavy atom. The van der Waals surface area contributed by atoms with Crippen molar-refractivity contribution in [2.75, 3.05) is 16.8 Å². The molecule has 1 heterocycles. The van der Waals surface area contributed by atoms with Crippen LogP contribution in [0.5, 0.6) is 0 Å². The quantitative estimate of drug-likeness (QED) is 0.568. The van der Waals surface area contributed by atoms with Crippen molar-refractivity contribution in [2.45, 2.75) is 27.2 Å². The Balaban J connectivity index is 1.58. The molecule has 6 nitrogen and oxygen atoms in total. The molecule has 3 aromatic rings. The largest absolute Gasteiger partial charge is 0.325 e. The van der Waals surface area contributed by atoms with Crippen LogP contribution in [-0.4, -0.2) is 29.9 Å². The fourth-order valence-corrected chi connectivity index (χ4v) is 3.94. The van der Waals surface area contributed by atoms with E-state index in [-0.39, 0.29) is 30.6 Å². The number of benzene rings is 3. The van der Waals surface area contributed by atoms with Crippen LogP contribution in [-0.2, 0) is 9.59 Å². The molecule has 0 fully saturated rings. The molecule has 0 atom stereocenters. The lowest BCUT2D eigenvalue weighted by Gasteiger charge is -2.22. The SMILES string of the molecule is CC(=O)c1ccc(NC(=O)CN2C(=O)CC(c3ccc(C)cc3C)=Nc3ccccc32)cc1. The van der Waals surface area contributed by atoms with Crippen molar-refractivity contribution >= 4 is 40.4 Å². The summed E-state index contributed by atoms with van der Waals surface area (Å²) >= 11 is 0. The van der Waals surface area contributed by atoms with E-state index in [1.54, 1.807) is 30.3 Å². The van der Waals surface area contributed by atoms with Crippen molar-refractivity contribution in [3.63, 3.8) is 0 Å². The molecule has 0 unspecified atom stereocenters. The van der Waals surface area contributed by atoms with Crippen molar-refractivity contribution in [1.82, 2.24) is 0 Å². The van der Waals surface area contributed by atoms with Crippen LogP contribution < -0.4 is 10.2 Å². The lowest BCUT2D eigenvalue weighted by atomic mass is 9.99. The van der Waals surface area contributed by atoms with Gasteiger partial charge in [0.1, 0.15) is 6.54 Å². The molecule has 6 heteroatoms. The second-order valence-corrected chi connectivity index (χ2v) is 8.20. The van der Waals surface area contributed by atoms with E-state index in [0.717, 1.165) is 16.7 Å². The molecule has 4 rings (SSSR count). The van der Waals surface area contributed by atoms with Gasteiger partial charge in [0.2, 0.25) is 11.8 Å². The molecule has 0 spiro atoms. The third-order valence-corrected chi connectivity index (χ3v) is 5.62. The average Bonchev–Trinajstić information content (AvgIpc) is 2.90. The highest BCUT2D eigenvalue weighted by molar-refractivity contribution is 6.19. The summed E-state index contributed by atoms with van der Waals surface area (Å²) in [6, 6.07) is 20.1. The minimum atomic E-state index is -0.330. The number of ketones is 1. The zero-order chi connectivity index (χ0) is 23.5. The van der Waals surface area contributed by atoms with E-state index in [0.29, 0.717) is 28.3 Å². The summed E-state index contributed by atoms with van der Waals surface area (Å²) in [6.45, 7) is 5.39. The van der Waals surface area contributed by atoms with Gasteiger partial charge in [0.05, 0.1) is 23.5 Å². The van der Waals surface area contributed by atoms with Gasteiger partial charge in [-0.2, -0.15) is 0 Å². The van der Waals surface area contributed by atoms with Crippen LogP contribution in [0.25, 0.3) is 0 Å². The summed E-state index contributed by atoms with van der Waals surface area (Å²) in [5.74, 6) is -0.566. The second-order valence-electron chi connectivity index (χ2n) is 8.20. The maximum atomic E-state index is 13.3. The molecule has 166 valence electrons. The van der Waals surface area contributed by atoms with Gasteiger partial charge in [-0.3, -0.25) is 19.4 Å². The monoisotopic (exact) mass is 439 g/mol. The molecule has 1 aliphatic heterocycles. The van der Waals surface area contributed by atoms with Crippen LogP contribution in [0, 0.1) is 13.8 Å². The maximum absolute atomic E-state index is 13.3. The summed E-state index contributed by atoms with van der Waals surface area (Å²) in [5.41, 5.74) is 6.20. The first-order chi connectivity index (χ1) is 15.8. The lowest BCUT2D eigenvalue weighted by molar-refractivity contribution is -0.120. The van der Waals surface area contributed by atoms with Gasteiger partial charge in [-0.1, -0.05) is 35.9 Å². The zero-order valence-electron chi connectivity index (χ0n) is 18.9. The molecule has 3 aromatic carbocycles. The Hall–Kier alpha value is -4.06. The number of nitrogens with one attached hydrogen (secondary N) is 1. The molecule has 1 aliphatic rings. The van der Waals surface area contributed by atoms with Crippen LogP contribution >= 0.6 is 0 Å². The van der Waals surface area contributed by atoms with Gasteiger partial charge in [0, 0.05) is 11.3 Å². The predicted molar refractivity (Wildman–Crippen MR) is 131 cm³/mol. The number of aryl methyl sites for hydroxylation is 2. The van der Waals surface area contributed by atoms with E-state index in [1.165, 1.54) is 11.8 Å². The van der Waals surface area contributed by atoms with Gasteiger partial charge in [0.25, 0.3) is 0 Å². The van der Waals surface area contributed by atoms with Crippen LogP contribution in [0.4, 0.5) is 17.1 Å². The molecule has 0 bridgehead atoms. The van der Waals surface area contributed by atoms with Crippen molar-refractivity contribution in [2.24, 2.45) is 4.99 Å². The predicted octanol–water partition coefficient (Wildman–Crippen LogP) is 5.00. The van der Waals surface area contributed by atoms with Crippen molar-refractivity contribution < 1.29 is 14.4 Å². The van der Waals surface area contributed by atoms with Crippen LogP contribution in [0.2, 0.25) is 0 Å². The number of nitrogens with zero attached hydrogens (tertiary/aromatic N) is 2. The number of para-hydroxylation sites is 2. The number of fused-ring (bicyclic) bond motifs is 1. The molecule has 1 N–H and O–H groups in total. The van der Waals surface area contributed by atoms with E-state index in [1.807, 2.05) is 44.2 Å². The molecule has 0 radical (unpaired) electrons. The number of hydrogen-bond acceptors (Lipinski definition) is 4. The standard InChI is InChI=1S/C27H25N3O3/c1-17-8-13-22(18(2)14-17)24-15-27(33)30(25-7-5-4-6-23(25)29-24)16-26(32)28-21-11-9-20(10-12-21)19(3)31/h4-14H,15-16H2,1-3H3,(H,28,32). The minimum absolute atomic E-state index is 0.0423. The summed E-state index contributed by atoms with van der Waals surface area (Å²) < 4.78 is 0. The van der Waals surface area contributed by atoms with E-state index in [9.17, 15) is 14.4 Å².